The summed E-state index contributed by atoms with van der Waals surface area (Å²) < 4.78 is 19.1. The molecule has 0 radical (unpaired) electrons. The fourth-order valence-electron chi connectivity index (χ4n) is 3.98. The van der Waals surface area contributed by atoms with E-state index in [2.05, 4.69) is 10.1 Å². The molecule has 0 saturated heterocycles. The Bertz CT molecular complexity index is 1120. The summed E-state index contributed by atoms with van der Waals surface area (Å²) >= 11 is 6.18. The van der Waals surface area contributed by atoms with Crippen LogP contribution < -0.4 is 4.74 Å². The maximum Gasteiger partial charge on any atom is 0.145 e. The van der Waals surface area contributed by atoms with Crippen LogP contribution in [0.1, 0.15) is 23.1 Å². The summed E-state index contributed by atoms with van der Waals surface area (Å²) in [6, 6.07) is 21.7. The Morgan fingerprint density at radius 2 is 1.94 bits per heavy atom. The quantitative estimate of drug-likeness (QED) is 0.430. The highest BCUT2D eigenvalue weighted by molar-refractivity contribution is 6.30. The highest BCUT2D eigenvalue weighted by Crippen LogP contribution is 2.21. The first-order valence-corrected chi connectivity index (χ1v) is 11.7. The molecule has 2 atom stereocenters. The minimum absolute atomic E-state index is 0.177. The molecule has 0 aliphatic carbocycles. The summed E-state index contributed by atoms with van der Waals surface area (Å²) in [5, 5.41) is 15.6. The number of hydrogen-bond acceptors (Lipinski definition) is 5. The van der Waals surface area contributed by atoms with Crippen LogP contribution in [0.5, 0.6) is 5.75 Å². The van der Waals surface area contributed by atoms with E-state index in [0.29, 0.717) is 31.1 Å². The van der Waals surface area contributed by atoms with Crippen LogP contribution in [0.3, 0.4) is 0 Å². The summed E-state index contributed by atoms with van der Waals surface area (Å²) in [6.45, 7) is 3.70. The number of aliphatic hydroxyl groups is 1. The van der Waals surface area contributed by atoms with Crippen LogP contribution in [-0.4, -0.2) is 47.6 Å². The van der Waals surface area contributed by atoms with Crippen LogP contribution in [0.4, 0.5) is 4.39 Å². The van der Waals surface area contributed by atoms with E-state index in [4.69, 9.17) is 21.2 Å². The zero-order valence-corrected chi connectivity index (χ0v) is 19.8. The first kappa shape index (κ1) is 24.2. The Hall–Kier alpha value is -2.93. The molecule has 7 heteroatoms. The van der Waals surface area contributed by atoms with Crippen molar-refractivity contribution in [2.24, 2.45) is 5.16 Å². The number of ether oxygens (including phenoxy) is 1. The molecule has 1 aliphatic rings. The van der Waals surface area contributed by atoms with Crippen molar-refractivity contribution in [2.45, 2.75) is 32.1 Å². The monoisotopic (exact) mass is 482 g/mol. The number of hydrogen-bond donors (Lipinski definition) is 1. The topological polar surface area (TPSA) is 54.3 Å². The van der Waals surface area contributed by atoms with Crippen LogP contribution in [-0.2, 0) is 11.4 Å². The summed E-state index contributed by atoms with van der Waals surface area (Å²) in [5.41, 5.74) is 3.70. The van der Waals surface area contributed by atoms with Gasteiger partial charge in [-0.25, -0.2) is 4.39 Å². The lowest BCUT2D eigenvalue weighted by Crippen LogP contribution is -2.39. The van der Waals surface area contributed by atoms with Crippen molar-refractivity contribution in [3.8, 4) is 5.75 Å². The molecule has 0 amide bonds. The van der Waals surface area contributed by atoms with Crippen molar-refractivity contribution in [1.29, 1.82) is 0 Å². The van der Waals surface area contributed by atoms with Crippen LogP contribution in [0.15, 0.2) is 78.0 Å². The van der Waals surface area contributed by atoms with Gasteiger partial charge in [0, 0.05) is 31.1 Å². The van der Waals surface area contributed by atoms with Crippen LogP contribution in [0.2, 0.25) is 5.02 Å². The normalized spacial score (nSPS) is 16.3. The zero-order valence-electron chi connectivity index (χ0n) is 19.0. The molecule has 1 heterocycles. The van der Waals surface area contributed by atoms with Gasteiger partial charge in [0.15, 0.2) is 0 Å². The number of rotatable bonds is 10. The van der Waals surface area contributed by atoms with Crippen LogP contribution in [0.25, 0.3) is 0 Å². The lowest BCUT2D eigenvalue weighted by molar-refractivity contribution is 0.0212. The smallest absolute Gasteiger partial charge is 0.145 e. The second kappa shape index (κ2) is 11.5. The van der Waals surface area contributed by atoms with Gasteiger partial charge in [0.2, 0.25) is 0 Å². The highest BCUT2D eigenvalue weighted by Gasteiger charge is 2.26. The summed E-state index contributed by atoms with van der Waals surface area (Å²) in [4.78, 5) is 7.80. The molecule has 178 valence electrons. The fraction of sp³-hybridized carbons (Fsp3) is 0.296. The first-order chi connectivity index (χ1) is 16.5. The maximum absolute atomic E-state index is 13.3. The molecule has 1 N–H and O–H groups in total. The molecule has 1 aliphatic heterocycles. The SMILES string of the molecule is Cc1ccccc1OC[C@H](O)CN(Cc1cccc(Cl)c1)C[C@H]1CC(c2ccc(F)cc2)=NO1. The molecular formula is C27H28ClFN2O3. The average molecular weight is 483 g/mol. The first-order valence-electron chi connectivity index (χ1n) is 11.3. The molecule has 4 rings (SSSR count). The van der Waals surface area contributed by atoms with E-state index in [1.165, 1.54) is 12.1 Å². The van der Waals surface area contributed by atoms with E-state index in [1.807, 2.05) is 55.5 Å². The standard InChI is InChI=1S/C27H28ClFN2O3/c1-19-5-2-3-8-27(19)33-18-24(32)16-31(15-20-6-4-7-22(28)13-20)17-25-14-26(30-34-25)21-9-11-23(29)12-10-21/h2-13,24-25,32H,14-18H2,1H3/t24-,25-/m1/s1. The van der Waals surface area contributed by atoms with Crippen molar-refractivity contribution in [1.82, 2.24) is 4.90 Å². The van der Waals surface area contributed by atoms with Crippen molar-refractivity contribution < 1.29 is 19.1 Å². The van der Waals surface area contributed by atoms with E-state index in [-0.39, 0.29) is 18.5 Å². The van der Waals surface area contributed by atoms with Gasteiger partial charge < -0.3 is 14.7 Å². The summed E-state index contributed by atoms with van der Waals surface area (Å²) in [7, 11) is 0. The van der Waals surface area contributed by atoms with Gasteiger partial charge in [-0.3, -0.25) is 4.90 Å². The minimum atomic E-state index is -0.697. The van der Waals surface area contributed by atoms with Gasteiger partial charge in [0.25, 0.3) is 0 Å². The molecule has 0 spiro atoms. The number of halogens is 2. The third-order valence-electron chi connectivity index (χ3n) is 5.66. The maximum atomic E-state index is 13.3. The molecule has 3 aromatic carbocycles. The number of para-hydroxylation sites is 1. The lowest BCUT2D eigenvalue weighted by Gasteiger charge is -2.27. The zero-order chi connectivity index (χ0) is 23.9. The second-order valence-corrected chi connectivity index (χ2v) is 8.97. The molecule has 0 aromatic heterocycles. The Morgan fingerprint density at radius 3 is 2.71 bits per heavy atom. The number of oxime groups is 1. The second-order valence-electron chi connectivity index (χ2n) is 8.53. The van der Waals surface area contributed by atoms with Gasteiger partial charge in [-0.05, 0) is 53.9 Å². The van der Waals surface area contributed by atoms with Gasteiger partial charge >= 0.3 is 0 Å². The summed E-state index contributed by atoms with van der Waals surface area (Å²) in [5.74, 6) is 0.480. The van der Waals surface area contributed by atoms with Gasteiger partial charge in [0.1, 0.15) is 30.4 Å². The van der Waals surface area contributed by atoms with Crippen LogP contribution >= 0.6 is 11.6 Å². The predicted molar refractivity (Wildman–Crippen MR) is 132 cm³/mol. The summed E-state index contributed by atoms with van der Waals surface area (Å²) in [6.07, 6.45) is -0.269. The predicted octanol–water partition coefficient (Wildman–Crippen LogP) is 5.22. The largest absolute Gasteiger partial charge is 0.491 e. The molecule has 0 unspecified atom stereocenters. The van der Waals surface area contributed by atoms with Gasteiger partial charge in [0.05, 0.1) is 5.71 Å². The van der Waals surface area contributed by atoms with Gasteiger partial charge in [-0.1, -0.05) is 59.2 Å². The lowest BCUT2D eigenvalue weighted by atomic mass is 10.0. The van der Waals surface area contributed by atoms with Gasteiger partial charge in [-0.2, -0.15) is 0 Å². The number of nitrogens with zero attached hydrogens (tertiary/aromatic N) is 2. The highest BCUT2D eigenvalue weighted by atomic mass is 35.5. The molecule has 0 bridgehead atoms. The van der Waals surface area contributed by atoms with Gasteiger partial charge in [-0.15, -0.1) is 0 Å². The molecule has 0 fully saturated rings. The minimum Gasteiger partial charge on any atom is -0.491 e. The van der Waals surface area contributed by atoms with Crippen molar-refractivity contribution in [2.75, 3.05) is 19.7 Å². The Balaban J connectivity index is 1.38. The third-order valence-corrected chi connectivity index (χ3v) is 5.90. The van der Waals surface area contributed by atoms with E-state index in [9.17, 15) is 9.50 Å². The van der Waals surface area contributed by atoms with E-state index < -0.39 is 6.10 Å². The Morgan fingerprint density at radius 1 is 1.15 bits per heavy atom. The molecular weight excluding hydrogens is 455 g/mol. The van der Waals surface area contributed by atoms with Crippen molar-refractivity contribution >= 4 is 17.3 Å². The van der Waals surface area contributed by atoms with E-state index >= 15 is 0 Å². The number of benzene rings is 3. The van der Waals surface area contributed by atoms with E-state index in [1.54, 1.807) is 12.1 Å². The number of aryl methyl sites for hydroxylation is 1. The van der Waals surface area contributed by atoms with Crippen molar-refractivity contribution in [3.63, 3.8) is 0 Å². The third kappa shape index (κ3) is 6.79. The molecule has 3 aromatic rings. The Labute approximate surface area is 204 Å². The molecule has 34 heavy (non-hydrogen) atoms. The number of aliphatic hydroxyl groups excluding tert-OH is 1. The average Bonchev–Trinajstić information content (AvgIpc) is 3.27. The fourth-order valence-corrected chi connectivity index (χ4v) is 4.19. The van der Waals surface area contributed by atoms with Crippen LogP contribution in [0, 0.1) is 12.7 Å². The van der Waals surface area contributed by atoms with E-state index in [0.717, 1.165) is 28.2 Å². The molecule has 0 saturated carbocycles. The molecule has 5 nitrogen and oxygen atoms in total. The Kier molecular flexibility index (Phi) is 8.16. The van der Waals surface area contributed by atoms with Crippen molar-refractivity contribution in [3.05, 3.63) is 100 Å².